The van der Waals surface area contributed by atoms with Crippen LogP contribution in [-0.4, -0.2) is 27.3 Å². The Morgan fingerprint density at radius 3 is 2.70 bits per heavy atom. The van der Waals surface area contributed by atoms with Crippen LogP contribution in [0.4, 0.5) is 5.95 Å². The standard InChI is InChI=1S/C19H13N5O3/c20-10-15-16(13-6-2-1-3-7-13)22-19(23-17(15)25)24-21-11-12-5-4-8-14(9-12)18(26)27/h1-9,11H,(H,26,27)(H2,22,23,24,25). The Labute approximate surface area is 153 Å². The van der Waals surface area contributed by atoms with E-state index in [0.717, 1.165) is 0 Å². The molecule has 0 fully saturated rings. The predicted molar refractivity (Wildman–Crippen MR) is 99.6 cm³/mol. The lowest BCUT2D eigenvalue weighted by atomic mass is 10.1. The molecule has 0 radical (unpaired) electrons. The summed E-state index contributed by atoms with van der Waals surface area (Å²) in [5.41, 5.74) is 3.47. The van der Waals surface area contributed by atoms with Crippen molar-refractivity contribution in [2.45, 2.75) is 0 Å². The van der Waals surface area contributed by atoms with Gasteiger partial charge in [-0.1, -0.05) is 42.5 Å². The van der Waals surface area contributed by atoms with Gasteiger partial charge in [-0.05, 0) is 17.7 Å². The number of hydrogen-bond acceptors (Lipinski definition) is 6. The maximum atomic E-state index is 12.1. The van der Waals surface area contributed by atoms with E-state index < -0.39 is 11.5 Å². The van der Waals surface area contributed by atoms with Crippen LogP contribution in [0.1, 0.15) is 21.5 Å². The van der Waals surface area contributed by atoms with Gasteiger partial charge in [-0.2, -0.15) is 10.4 Å². The second-order valence-corrected chi connectivity index (χ2v) is 5.42. The number of aromatic nitrogens is 2. The van der Waals surface area contributed by atoms with Gasteiger partial charge in [0.15, 0.2) is 0 Å². The van der Waals surface area contributed by atoms with Gasteiger partial charge in [0.25, 0.3) is 5.56 Å². The number of H-pyrrole nitrogens is 1. The van der Waals surface area contributed by atoms with E-state index in [1.54, 1.807) is 36.4 Å². The van der Waals surface area contributed by atoms with Crippen molar-refractivity contribution in [3.05, 3.63) is 81.6 Å². The average Bonchev–Trinajstić information content (AvgIpc) is 2.68. The van der Waals surface area contributed by atoms with Crippen molar-refractivity contribution in [3.63, 3.8) is 0 Å². The van der Waals surface area contributed by atoms with E-state index in [4.69, 9.17) is 5.11 Å². The summed E-state index contributed by atoms with van der Waals surface area (Å²) in [6, 6.07) is 16.9. The maximum absolute atomic E-state index is 12.1. The minimum absolute atomic E-state index is 0.0588. The molecule has 0 bridgehead atoms. The Hall–Kier alpha value is -4.25. The fraction of sp³-hybridized carbons (Fsp3) is 0. The SMILES string of the molecule is N#Cc1c(-c2ccccc2)nc(NN=Cc2cccc(C(=O)O)c2)[nH]c1=O. The molecular weight excluding hydrogens is 346 g/mol. The Morgan fingerprint density at radius 2 is 2.00 bits per heavy atom. The molecule has 3 aromatic rings. The van der Waals surface area contributed by atoms with E-state index in [1.807, 2.05) is 12.1 Å². The van der Waals surface area contributed by atoms with Crippen LogP contribution in [-0.2, 0) is 0 Å². The molecule has 1 heterocycles. The Bertz CT molecular complexity index is 1110. The van der Waals surface area contributed by atoms with Crippen molar-refractivity contribution in [3.8, 4) is 17.3 Å². The number of aromatic amines is 1. The fourth-order valence-corrected chi connectivity index (χ4v) is 2.35. The molecule has 2 aromatic carbocycles. The molecule has 0 unspecified atom stereocenters. The zero-order valence-electron chi connectivity index (χ0n) is 13.9. The summed E-state index contributed by atoms with van der Waals surface area (Å²) in [5.74, 6) is -0.979. The molecule has 8 nitrogen and oxygen atoms in total. The van der Waals surface area contributed by atoms with Crippen molar-refractivity contribution < 1.29 is 9.90 Å². The normalized spacial score (nSPS) is 10.5. The van der Waals surface area contributed by atoms with Gasteiger partial charge in [-0.3, -0.25) is 9.78 Å². The van der Waals surface area contributed by atoms with E-state index in [1.165, 1.54) is 18.3 Å². The molecule has 0 saturated carbocycles. The number of nitriles is 1. The second-order valence-electron chi connectivity index (χ2n) is 5.42. The lowest BCUT2D eigenvalue weighted by Gasteiger charge is -2.06. The minimum Gasteiger partial charge on any atom is -0.478 e. The molecule has 1 aromatic heterocycles. The van der Waals surface area contributed by atoms with Crippen LogP contribution in [0.2, 0.25) is 0 Å². The van der Waals surface area contributed by atoms with Crippen LogP contribution >= 0.6 is 0 Å². The van der Waals surface area contributed by atoms with E-state index in [2.05, 4.69) is 20.5 Å². The summed E-state index contributed by atoms with van der Waals surface area (Å²) >= 11 is 0. The predicted octanol–water partition coefficient (Wildman–Crippen LogP) is 2.45. The molecule has 3 N–H and O–H groups in total. The Kier molecular flexibility index (Phi) is 5.05. The monoisotopic (exact) mass is 359 g/mol. The smallest absolute Gasteiger partial charge is 0.335 e. The molecule has 0 aliphatic rings. The largest absolute Gasteiger partial charge is 0.478 e. The van der Waals surface area contributed by atoms with Gasteiger partial charge in [-0.15, -0.1) is 0 Å². The maximum Gasteiger partial charge on any atom is 0.335 e. The molecule has 8 heteroatoms. The molecule has 132 valence electrons. The van der Waals surface area contributed by atoms with Crippen molar-refractivity contribution in [2.75, 3.05) is 5.43 Å². The Balaban J connectivity index is 1.89. The lowest BCUT2D eigenvalue weighted by molar-refractivity contribution is 0.0697. The van der Waals surface area contributed by atoms with Gasteiger partial charge in [0.05, 0.1) is 17.5 Å². The zero-order chi connectivity index (χ0) is 19.2. The third-order valence-corrected chi connectivity index (χ3v) is 3.60. The zero-order valence-corrected chi connectivity index (χ0v) is 13.9. The highest BCUT2D eigenvalue weighted by Crippen LogP contribution is 2.19. The Morgan fingerprint density at radius 1 is 1.22 bits per heavy atom. The molecule has 0 spiro atoms. The molecule has 27 heavy (non-hydrogen) atoms. The van der Waals surface area contributed by atoms with Gasteiger partial charge in [0.2, 0.25) is 5.95 Å². The minimum atomic E-state index is -1.04. The summed E-state index contributed by atoms with van der Waals surface area (Å²) in [6.45, 7) is 0. The first-order valence-corrected chi connectivity index (χ1v) is 7.81. The van der Waals surface area contributed by atoms with E-state index in [0.29, 0.717) is 11.1 Å². The number of carbonyl (C=O) groups is 1. The molecule has 0 atom stereocenters. The van der Waals surface area contributed by atoms with Crippen LogP contribution in [0.5, 0.6) is 0 Å². The number of hydrazone groups is 1. The first-order valence-electron chi connectivity index (χ1n) is 7.81. The van der Waals surface area contributed by atoms with E-state index >= 15 is 0 Å². The van der Waals surface area contributed by atoms with Crippen LogP contribution in [0.15, 0.2) is 64.5 Å². The van der Waals surface area contributed by atoms with Gasteiger partial charge >= 0.3 is 5.97 Å². The third-order valence-electron chi connectivity index (χ3n) is 3.60. The molecule has 3 rings (SSSR count). The summed E-state index contributed by atoms with van der Waals surface area (Å²) in [5, 5.41) is 22.2. The fourth-order valence-electron chi connectivity index (χ4n) is 2.35. The molecule has 0 amide bonds. The first-order chi connectivity index (χ1) is 13.1. The topological polar surface area (TPSA) is 131 Å². The number of carboxylic acids is 1. The first kappa shape index (κ1) is 17.6. The van der Waals surface area contributed by atoms with Gasteiger partial charge in [0.1, 0.15) is 11.6 Å². The lowest BCUT2D eigenvalue weighted by Crippen LogP contribution is -2.16. The molecular formula is C19H13N5O3. The van der Waals surface area contributed by atoms with Crippen molar-refractivity contribution in [2.24, 2.45) is 5.10 Å². The summed E-state index contributed by atoms with van der Waals surface area (Å²) in [7, 11) is 0. The number of anilines is 1. The quantitative estimate of drug-likeness (QED) is 0.474. The highest BCUT2D eigenvalue weighted by Gasteiger charge is 2.12. The summed E-state index contributed by atoms with van der Waals surface area (Å²) < 4.78 is 0. The number of hydrogen-bond donors (Lipinski definition) is 3. The van der Waals surface area contributed by atoms with Crippen LogP contribution in [0.25, 0.3) is 11.3 Å². The molecule has 0 saturated heterocycles. The van der Waals surface area contributed by atoms with Gasteiger partial charge in [-0.25, -0.2) is 15.2 Å². The van der Waals surface area contributed by atoms with Crippen molar-refractivity contribution in [1.29, 1.82) is 5.26 Å². The number of nitrogens with one attached hydrogen (secondary N) is 2. The molecule has 0 aliphatic heterocycles. The third kappa shape index (κ3) is 4.05. The highest BCUT2D eigenvalue weighted by molar-refractivity contribution is 5.91. The molecule has 0 aliphatic carbocycles. The van der Waals surface area contributed by atoms with Crippen LogP contribution in [0.3, 0.4) is 0 Å². The summed E-state index contributed by atoms with van der Waals surface area (Å²) in [4.78, 5) is 29.8. The number of aromatic carboxylic acids is 1. The van der Waals surface area contributed by atoms with E-state index in [-0.39, 0.29) is 22.8 Å². The van der Waals surface area contributed by atoms with E-state index in [9.17, 15) is 14.9 Å². The number of benzene rings is 2. The second kappa shape index (κ2) is 7.76. The number of rotatable bonds is 5. The van der Waals surface area contributed by atoms with Crippen molar-refractivity contribution >= 4 is 18.1 Å². The van der Waals surface area contributed by atoms with Gasteiger partial charge < -0.3 is 5.11 Å². The number of nitrogens with zero attached hydrogens (tertiary/aromatic N) is 3. The van der Waals surface area contributed by atoms with Crippen molar-refractivity contribution in [1.82, 2.24) is 9.97 Å². The highest BCUT2D eigenvalue weighted by atomic mass is 16.4. The average molecular weight is 359 g/mol. The summed E-state index contributed by atoms with van der Waals surface area (Å²) in [6.07, 6.45) is 1.40. The number of carboxylic acid groups (broad SMARTS) is 1. The van der Waals surface area contributed by atoms with Crippen LogP contribution in [0, 0.1) is 11.3 Å². The van der Waals surface area contributed by atoms with Gasteiger partial charge in [0, 0.05) is 5.56 Å². The van der Waals surface area contributed by atoms with Crippen LogP contribution < -0.4 is 11.0 Å².